The third kappa shape index (κ3) is 5.19. The molecule has 182 valence electrons. The van der Waals surface area contributed by atoms with Crippen molar-refractivity contribution in [2.24, 2.45) is 0 Å². The highest BCUT2D eigenvalue weighted by molar-refractivity contribution is 7.99. The maximum Gasteiger partial charge on any atom is 0.269 e. The van der Waals surface area contributed by atoms with Gasteiger partial charge in [0.2, 0.25) is 11.8 Å². The molecule has 0 bridgehead atoms. The fraction of sp³-hybridized carbons (Fsp3) is 0.333. The van der Waals surface area contributed by atoms with Crippen LogP contribution in [0.3, 0.4) is 0 Å². The highest BCUT2D eigenvalue weighted by atomic mass is 32.2. The number of aromatic nitrogens is 5. The first kappa shape index (κ1) is 24.4. The van der Waals surface area contributed by atoms with E-state index in [0.717, 1.165) is 29.6 Å². The Morgan fingerprint density at radius 2 is 1.63 bits per heavy atom. The molecule has 0 amide bonds. The van der Waals surface area contributed by atoms with Crippen molar-refractivity contribution < 1.29 is 9.34 Å². The Hall–Kier alpha value is -3.73. The summed E-state index contributed by atoms with van der Waals surface area (Å²) < 4.78 is 7.92. The largest absolute Gasteiger partial charge is 0.419 e. The second-order valence-electron chi connectivity index (χ2n) is 7.78. The molecule has 0 aliphatic heterocycles. The first-order chi connectivity index (χ1) is 16.9. The van der Waals surface area contributed by atoms with Crippen molar-refractivity contribution in [3.63, 3.8) is 0 Å². The number of anilines is 1. The highest BCUT2D eigenvalue weighted by Crippen LogP contribution is 2.36. The third-order valence-electron chi connectivity index (χ3n) is 5.68. The van der Waals surface area contributed by atoms with Gasteiger partial charge in [-0.3, -0.25) is 10.1 Å². The Morgan fingerprint density at radius 1 is 0.971 bits per heavy atom. The average molecular weight is 494 g/mol. The zero-order valence-electron chi connectivity index (χ0n) is 20.1. The normalized spacial score (nSPS) is 12.0. The van der Waals surface area contributed by atoms with Gasteiger partial charge in [0.15, 0.2) is 11.0 Å². The van der Waals surface area contributed by atoms with E-state index in [4.69, 9.17) is 4.42 Å². The van der Waals surface area contributed by atoms with Crippen molar-refractivity contribution in [3.8, 4) is 22.8 Å². The molecule has 2 aromatic carbocycles. The maximum atomic E-state index is 10.9. The van der Waals surface area contributed by atoms with Gasteiger partial charge in [-0.15, -0.1) is 20.4 Å². The van der Waals surface area contributed by atoms with Crippen molar-refractivity contribution >= 4 is 23.1 Å². The van der Waals surface area contributed by atoms with Gasteiger partial charge < -0.3 is 13.9 Å². The molecule has 1 unspecified atom stereocenters. The summed E-state index contributed by atoms with van der Waals surface area (Å²) in [4.78, 5) is 12.7. The van der Waals surface area contributed by atoms with Gasteiger partial charge in [-0.2, -0.15) is 0 Å². The van der Waals surface area contributed by atoms with E-state index in [1.807, 2.05) is 6.92 Å². The average Bonchev–Trinajstić information content (AvgIpc) is 3.53. The van der Waals surface area contributed by atoms with Crippen LogP contribution in [0.4, 0.5) is 11.4 Å². The van der Waals surface area contributed by atoms with Gasteiger partial charge in [0.1, 0.15) is 0 Å². The molecule has 0 aliphatic rings. The van der Waals surface area contributed by atoms with E-state index in [-0.39, 0.29) is 10.9 Å². The van der Waals surface area contributed by atoms with Crippen LogP contribution in [0, 0.1) is 10.1 Å². The van der Waals surface area contributed by atoms with Crippen LogP contribution in [0.15, 0.2) is 58.1 Å². The van der Waals surface area contributed by atoms with E-state index in [1.165, 1.54) is 29.6 Å². The smallest absolute Gasteiger partial charge is 0.269 e. The Morgan fingerprint density at radius 3 is 2.23 bits per heavy atom. The lowest BCUT2D eigenvalue weighted by Gasteiger charge is -2.21. The number of hydrogen-bond donors (Lipinski definition) is 0. The van der Waals surface area contributed by atoms with Gasteiger partial charge in [-0.25, -0.2) is 0 Å². The lowest BCUT2D eigenvalue weighted by molar-refractivity contribution is -0.384. The number of nitrogens with zero attached hydrogens (tertiary/aromatic N) is 7. The fourth-order valence-electron chi connectivity index (χ4n) is 3.73. The highest BCUT2D eigenvalue weighted by Gasteiger charge is 2.21. The molecular formula is C24H27N7O3S. The lowest BCUT2D eigenvalue weighted by atomic mass is 10.2. The van der Waals surface area contributed by atoms with Crippen LogP contribution in [0.5, 0.6) is 0 Å². The number of thioether (sulfide) groups is 1. The first-order valence-electron chi connectivity index (χ1n) is 11.5. The van der Waals surface area contributed by atoms with E-state index in [0.29, 0.717) is 23.9 Å². The fourth-order valence-corrected chi connectivity index (χ4v) is 4.68. The topological polar surface area (TPSA) is 116 Å². The summed E-state index contributed by atoms with van der Waals surface area (Å²) in [5.41, 5.74) is 2.83. The minimum Gasteiger partial charge on any atom is -0.419 e. The van der Waals surface area contributed by atoms with E-state index in [2.05, 4.69) is 74.9 Å². The number of benzene rings is 2. The van der Waals surface area contributed by atoms with Gasteiger partial charge in [0.25, 0.3) is 5.69 Å². The lowest BCUT2D eigenvalue weighted by Crippen LogP contribution is -2.21. The van der Waals surface area contributed by atoms with Crippen LogP contribution < -0.4 is 4.90 Å². The molecule has 0 N–H and O–H groups in total. The van der Waals surface area contributed by atoms with Crippen LogP contribution in [0.25, 0.3) is 22.8 Å². The Kier molecular flexibility index (Phi) is 7.45. The molecule has 0 spiro atoms. The summed E-state index contributed by atoms with van der Waals surface area (Å²) in [7, 11) is 0. The monoisotopic (exact) mass is 493 g/mol. The SMILES string of the molecule is CCN(CC)c1ccc(-c2nnc(SC(C)c3nnc(-c4ccc([N+](=O)[O-])cc4)o3)n2CC)cc1. The van der Waals surface area contributed by atoms with Crippen LogP contribution in [0.2, 0.25) is 0 Å². The van der Waals surface area contributed by atoms with Crippen molar-refractivity contribution in [1.82, 2.24) is 25.0 Å². The van der Waals surface area contributed by atoms with Crippen LogP contribution in [-0.2, 0) is 6.54 Å². The predicted molar refractivity (Wildman–Crippen MR) is 135 cm³/mol. The molecule has 2 heterocycles. The Bertz CT molecular complexity index is 1280. The zero-order chi connectivity index (χ0) is 24.9. The van der Waals surface area contributed by atoms with E-state index in [1.54, 1.807) is 12.1 Å². The molecule has 0 aliphatic carbocycles. The Labute approximate surface area is 207 Å². The third-order valence-corrected chi connectivity index (χ3v) is 6.75. The van der Waals surface area contributed by atoms with Crippen molar-refractivity contribution in [2.45, 2.75) is 44.6 Å². The number of hydrogen-bond acceptors (Lipinski definition) is 9. The second-order valence-corrected chi connectivity index (χ2v) is 9.09. The number of non-ortho nitro benzene ring substituents is 1. The van der Waals surface area contributed by atoms with Gasteiger partial charge >= 0.3 is 0 Å². The molecule has 35 heavy (non-hydrogen) atoms. The second kappa shape index (κ2) is 10.7. The zero-order valence-corrected chi connectivity index (χ0v) is 20.9. The van der Waals surface area contributed by atoms with Crippen LogP contribution in [0.1, 0.15) is 38.8 Å². The molecule has 4 aromatic rings. The van der Waals surface area contributed by atoms with E-state index < -0.39 is 4.92 Å². The van der Waals surface area contributed by atoms with Gasteiger partial charge in [-0.05, 0) is 64.1 Å². The number of nitro benzene ring substituents is 1. The van der Waals surface area contributed by atoms with Crippen molar-refractivity contribution in [3.05, 3.63) is 64.5 Å². The van der Waals surface area contributed by atoms with E-state index in [9.17, 15) is 10.1 Å². The molecule has 11 heteroatoms. The number of rotatable bonds is 10. The van der Waals surface area contributed by atoms with Gasteiger partial charge in [0, 0.05) is 48.6 Å². The summed E-state index contributed by atoms with van der Waals surface area (Å²) in [6.07, 6.45) is 0. The Balaban J connectivity index is 1.51. The summed E-state index contributed by atoms with van der Waals surface area (Å²) >= 11 is 1.49. The van der Waals surface area contributed by atoms with Crippen molar-refractivity contribution in [2.75, 3.05) is 18.0 Å². The summed E-state index contributed by atoms with van der Waals surface area (Å²) in [5.74, 6) is 1.57. The summed E-state index contributed by atoms with van der Waals surface area (Å²) in [5, 5.41) is 28.6. The molecule has 10 nitrogen and oxygen atoms in total. The van der Waals surface area contributed by atoms with E-state index >= 15 is 0 Å². The predicted octanol–water partition coefficient (Wildman–Crippen LogP) is 5.62. The summed E-state index contributed by atoms with van der Waals surface area (Å²) in [6, 6.07) is 14.4. The maximum absolute atomic E-state index is 10.9. The molecule has 0 radical (unpaired) electrons. The standard InChI is InChI=1S/C24H27N7O3S/c1-5-29(6-2)19-12-8-17(9-13-19)21-25-28-24(30(21)7-3)35-16(4)22-26-27-23(34-22)18-10-14-20(15-11-18)31(32)33/h8-16H,5-7H2,1-4H3. The minimum atomic E-state index is -0.445. The summed E-state index contributed by atoms with van der Waals surface area (Å²) in [6.45, 7) is 11.0. The van der Waals surface area contributed by atoms with Crippen molar-refractivity contribution in [1.29, 1.82) is 0 Å². The number of nitro groups is 1. The molecule has 0 saturated carbocycles. The van der Waals surface area contributed by atoms with Gasteiger partial charge in [-0.1, -0.05) is 11.8 Å². The first-order valence-corrected chi connectivity index (χ1v) is 12.4. The van der Waals surface area contributed by atoms with Crippen LogP contribution in [-0.4, -0.2) is 43.0 Å². The molecule has 0 fully saturated rings. The quantitative estimate of drug-likeness (QED) is 0.157. The molecule has 0 saturated heterocycles. The molecule has 4 rings (SSSR count). The minimum absolute atomic E-state index is 0.00909. The van der Waals surface area contributed by atoms with Crippen LogP contribution >= 0.6 is 11.8 Å². The molecule has 1 atom stereocenters. The molecule has 2 aromatic heterocycles. The molecular weight excluding hydrogens is 466 g/mol. The van der Waals surface area contributed by atoms with Gasteiger partial charge in [0.05, 0.1) is 10.2 Å².